The summed E-state index contributed by atoms with van der Waals surface area (Å²) in [4.78, 5) is 11.2. The predicted molar refractivity (Wildman–Crippen MR) is 69.2 cm³/mol. The zero-order valence-corrected chi connectivity index (χ0v) is 9.18. The Morgan fingerprint density at radius 2 is 1.47 bits per heavy atom. The van der Waals surface area contributed by atoms with E-state index in [9.17, 15) is 4.79 Å². The number of anilines is 2. The van der Waals surface area contributed by atoms with Crippen molar-refractivity contribution in [1.82, 2.24) is 0 Å². The Hall–Kier alpha value is -2.49. The molecule has 0 aliphatic rings. The van der Waals surface area contributed by atoms with Crippen LogP contribution >= 0.6 is 0 Å². The second kappa shape index (κ2) is 4.17. The minimum Gasteiger partial charge on any atom is -0.399 e. The minimum absolute atomic E-state index is 0.333. The maximum absolute atomic E-state index is 11.2. The summed E-state index contributed by atoms with van der Waals surface area (Å²) in [6, 6.07) is 12.6. The molecule has 0 heterocycles. The van der Waals surface area contributed by atoms with Crippen molar-refractivity contribution < 1.29 is 4.79 Å². The largest absolute Gasteiger partial charge is 0.399 e. The van der Waals surface area contributed by atoms with Gasteiger partial charge in [0.05, 0.1) is 5.56 Å². The molecule has 17 heavy (non-hydrogen) atoms. The van der Waals surface area contributed by atoms with E-state index in [1.807, 2.05) is 18.2 Å². The van der Waals surface area contributed by atoms with E-state index in [0.717, 1.165) is 11.1 Å². The molecular formula is C13H13N3O. The molecule has 0 spiro atoms. The second-order valence-corrected chi connectivity index (χ2v) is 3.79. The zero-order valence-electron chi connectivity index (χ0n) is 9.18. The molecular weight excluding hydrogens is 214 g/mol. The number of benzene rings is 2. The van der Waals surface area contributed by atoms with Crippen molar-refractivity contribution in [2.24, 2.45) is 5.73 Å². The summed E-state index contributed by atoms with van der Waals surface area (Å²) >= 11 is 0. The lowest BCUT2D eigenvalue weighted by Gasteiger charge is -2.06. The van der Waals surface area contributed by atoms with Crippen LogP contribution in [0.2, 0.25) is 0 Å². The summed E-state index contributed by atoms with van der Waals surface area (Å²) in [7, 11) is 0. The molecule has 0 bridgehead atoms. The Morgan fingerprint density at radius 1 is 0.882 bits per heavy atom. The summed E-state index contributed by atoms with van der Waals surface area (Å²) in [5.41, 5.74) is 19.8. The number of nitrogens with two attached hydrogens (primary N) is 3. The van der Waals surface area contributed by atoms with Crippen molar-refractivity contribution in [2.75, 3.05) is 11.5 Å². The van der Waals surface area contributed by atoms with Crippen LogP contribution in [0.1, 0.15) is 10.4 Å². The van der Waals surface area contributed by atoms with Crippen molar-refractivity contribution in [3.63, 3.8) is 0 Å². The molecule has 0 radical (unpaired) electrons. The third-order valence-electron chi connectivity index (χ3n) is 2.56. The molecule has 0 atom stereocenters. The topological polar surface area (TPSA) is 95.1 Å². The smallest absolute Gasteiger partial charge is 0.250 e. The van der Waals surface area contributed by atoms with Crippen LogP contribution in [0.4, 0.5) is 11.4 Å². The lowest BCUT2D eigenvalue weighted by molar-refractivity contribution is 0.100. The Morgan fingerprint density at radius 3 is 2.06 bits per heavy atom. The van der Waals surface area contributed by atoms with Gasteiger partial charge in [-0.1, -0.05) is 18.2 Å². The summed E-state index contributed by atoms with van der Waals surface area (Å²) in [5, 5.41) is 0. The van der Waals surface area contributed by atoms with E-state index in [2.05, 4.69) is 0 Å². The highest BCUT2D eigenvalue weighted by molar-refractivity contribution is 5.99. The fourth-order valence-corrected chi connectivity index (χ4v) is 1.62. The third-order valence-corrected chi connectivity index (χ3v) is 2.56. The molecule has 0 unspecified atom stereocenters. The van der Waals surface area contributed by atoms with Crippen molar-refractivity contribution >= 4 is 17.3 Å². The first kappa shape index (κ1) is 11.0. The van der Waals surface area contributed by atoms with Gasteiger partial charge in [-0.2, -0.15) is 0 Å². The number of carbonyl (C=O) groups is 1. The van der Waals surface area contributed by atoms with Crippen LogP contribution in [0.15, 0.2) is 42.5 Å². The number of primary amides is 1. The first-order valence-electron chi connectivity index (χ1n) is 5.13. The van der Waals surface area contributed by atoms with E-state index in [1.165, 1.54) is 0 Å². The van der Waals surface area contributed by atoms with Gasteiger partial charge in [0.1, 0.15) is 0 Å². The quantitative estimate of drug-likeness (QED) is 0.680. The van der Waals surface area contributed by atoms with E-state index in [4.69, 9.17) is 17.2 Å². The molecule has 0 aromatic heterocycles. The van der Waals surface area contributed by atoms with Gasteiger partial charge in [-0.05, 0) is 35.4 Å². The van der Waals surface area contributed by atoms with E-state index in [0.29, 0.717) is 16.9 Å². The Balaban J connectivity index is 2.50. The molecule has 0 fully saturated rings. The molecule has 86 valence electrons. The zero-order chi connectivity index (χ0) is 12.4. The molecule has 1 amide bonds. The highest BCUT2D eigenvalue weighted by Crippen LogP contribution is 2.24. The van der Waals surface area contributed by atoms with E-state index in [-0.39, 0.29) is 0 Å². The fourth-order valence-electron chi connectivity index (χ4n) is 1.62. The maximum atomic E-state index is 11.2. The molecule has 0 saturated heterocycles. The van der Waals surface area contributed by atoms with E-state index < -0.39 is 5.91 Å². The second-order valence-electron chi connectivity index (χ2n) is 3.79. The summed E-state index contributed by atoms with van der Waals surface area (Å²) in [6.45, 7) is 0. The van der Waals surface area contributed by atoms with Crippen LogP contribution in [0, 0.1) is 0 Å². The number of nitrogen functional groups attached to an aromatic ring is 2. The van der Waals surface area contributed by atoms with Gasteiger partial charge in [0.25, 0.3) is 5.91 Å². The number of hydrogen-bond donors (Lipinski definition) is 3. The molecule has 4 nitrogen and oxygen atoms in total. The summed E-state index contributed by atoms with van der Waals surface area (Å²) in [5.74, 6) is -0.528. The molecule has 6 N–H and O–H groups in total. The van der Waals surface area contributed by atoms with Crippen LogP contribution in [0.3, 0.4) is 0 Å². The van der Waals surface area contributed by atoms with Gasteiger partial charge < -0.3 is 17.2 Å². The molecule has 2 aromatic rings. The molecule has 0 aliphatic carbocycles. The predicted octanol–water partition coefficient (Wildman–Crippen LogP) is 1.62. The van der Waals surface area contributed by atoms with Gasteiger partial charge in [-0.25, -0.2) is 0 Å². The average molecular weight is 227 g/mol. The highest BCUT2D eigenvalue weighted by Gasteiger charge is 2.07. The van der Waals surface area contributed by atoms with Crippen molar-refractivity contribution in [3.8, 4) is 11.1 Å². The van der Waals surface area contributed by atoms with Crippen molar-refractivity contribution in [3.05, 3.63) is 48.0 Å². The van der Waals surface area contributed by atoms with Gasteiger partial charge in [0.15, 0.2) is 0 Å². The lowest BCUT2D eigenvalue weighted by Crippen LogP contribution is -2.13. The average Bonchev–Trinajstić information content (AvgIpc) is 2.30. The molecule has 0 saturated carbocycles. The first-order chi connectivity index (χ1) is 8.08. The van der Waals surface area contributed by atoms with Crippen molar-refractivity contribution in [2.45, 2.75) is 0 Å². The number of carbonyl (C=O) groups excluding carboxylic acids is 1. The highest BCUT2D eigenvalue weighted by atomic mass is 16.1. The summed E-state index contributed by atoms with van der Waals surface area (Å²) in [6.07, 6.45) is 0. The molecule has 4 heteroatoms. The Labute approximate surface area is 99.0 Å². The minimum atomic E-state index is -0.528. The van der Waals surface area contributed by atoms with Gasteiger partial charge in [0.2, 0.25) is 0 Å². The summed E-state index contributed by atoms with van der Waals surface area (Å²) < 4.78 is 0. The van der Waals surface area contributed by atoms with Crippen LogP contribution in [-0.4, -0.2) is 5.91 Å². The van der Waals surface area contributed by atoms with Crippen molar-refractivity contribution in [1.29, 1.82) is 0 Å². The number of rotatable bonds is 2. The Bertz CT molecular complexity index is 561. The molecule has 0 aliphatic heterocycles. The normalized spacial score (nSPS) is 10.1. The van der Waals surface area contributed by atoms with Crippen LogP contribution in [-0.2, 0) is 0 Å². The third kappa shape index (κ3) is 2.20. The lowest BCUT2D eigenvalue weighted by atomic mass is 10.0. The van der Waals surface area contributed by atoms with Gasteiger partial charge in [0, 0.05) is 11.4 Å². The first-order valence-corrected chi connectivity index (χ1v) is 5.13. The standard InChI is InChI=1S/C13H13N3O/c14-10-4-1-8(2-5-10)9-3-6-12(15)11(7-9)13(16)17/h1-7H,14-15H2,(H2,16,17). The van der Waals surface area contributed by atoms with Crippen LogP contribution in [0.25, 0.3) is 11.1 Å². The monoisotopic (exact) mass is 227 g/mol. The maximum Gasteiger partial charge on any atom is 0.250 e. The van der Waals surface area contributed by atoms with E-state index >= 15 is 0 Å². The van der Waals surface area contributed by atoms with Gasteiger partial charge in [-0.15, -0.1) is 0 Å². The number of amides is 1. The molecule has 2 rings (SSSR count). The number of hydrogen-bond acceptors (Lipinski definition) is 3. The SMILES string of the molecule is NC(=O)c1cc(-c2ccc(N)cc2)ccc1N. The molecule has 2 aromatic carbocycles. The van der Waals surface area contributed by atoms with Crippen LogP contribution < -0.4 is 17.2 Å². The van der Waals surface area contributed by atoms with Gasteiger partial charge in [-0.3, -0.25) is 4.79 Å². The fraction of sp³-hybridized carbons (Fsp3) is 0. The van der Waals surface area contributed by atoms with E-state index in [1.54, 1.807) is 24.3 Å². The van der Waals surface area contributed by atoms with Gasteiger partial charge >= 0.3 is 0 Å². The Kier molecular flexibility index (Phi) is 2.70. The van der Waals surface area contributed by atoms with Crippen LogP contribution in [0.5, 0.6) is 0 Å².